The lowest BCUT2D eigenvalue weighted by atomic mass is 10.1. The molecule has 174 valence electrons. The number of hydrogen-bond donors (Lipinski definition) is 1. The Bertz CT molecular complexity index is 1320. The van der Waals surface area contributed by atoms with E-state index < -0.39 is 18.6 Å². The molecule has 0 bridgehead atoms. The number of methoxy groups -OCH3 is 1. The molecule has 0 spiro atoms. The Morgan fingerprint density at radius 2 is 1.94 bits per heavy atom. The van der Waals surface area contributed by atoms with Crippen LogP contribution in [0.4, 0.5) is 19.0 Å². The minimum atomic E-state index is -4.59. The topological polar surface area (TPSA) is 90.4 Å². The average Bonchev–Trinajstić information content (AvgIpc) is 3.29. The number of ether oxygens (including phenoxy) is 1. The summed E-state index contributed by atoms with van der Waals surface area (Å²) in [5, 5.41) is 11.0. The third kappa shape index (κ3) is 4.58. The van der Waals surface area contributed by atoms with Gasteiger partial charge in [0, 0.05) is 17.3 Å². The highest BCUT2D eigenvalue weighted by Crippen LogP contribution is 2.36. The second-order valence-electron chi connectivity index (χ2n) is 7.50. The minimum Gasteiger partial charge on any atom is -0.497 e. The van der Waals surface area contributed by atoms with Gasteiger partial charge in [-0.15, -0.1) is 0 Å². The van der Waals surface area contributed by atoms with Crippen molar-refractivity contribution in [3.05, 3.63) is 52.4 Å². The molecule has 1 atom stereocenters. The zero-order valence-corrected chi connectivity index (χ0v) is 18.9. The highest BCUT2D eigenvalue weighted by atomic mass is 35.5. The summed E-state index contributed by atoms with van der Waals surface area (Å²) in [5.74, 6) is 0.840. The van der Waals surface area contributed by atoms with Crippen molar-refractivity contribution >= 4 is 23.1 Å². The summed E-state index contributed by atoms with van der Waals surface area (Å²) in [5.41, 5.74) is 2.69. The molecule has 3 aromatic heterocycles. The van der Waals surface area contributed by atoms with Crippen LogP contribution in [0.3, 0.4) is 0 Å². The van der Waals surface area contributed by atoms with E-state index in [9.17, 15) is 13.2 Å². The van der Waals surface area contributed by atoms with Gasteiger partial charge < -0.3 is 14.6 Å². The molecule has 0 amide bonds. The van der Waals surface area contributed by atoms with E-state index in [-0.39, 0.29) is 17.5 Å². The molecule has 4 aromatic rings. The molecule has 4 rings (SSSR count). The fraction of sp³-hybridized carbons (Fsp3) is 0.333. The summed E-state index contributed by atoms with van der Waals surface area (Å²) in [6, 6.07) is 4.67. The molecular weight excluding hydrogens is 461 g/mol. The van der Waals surface area contributed by atoms with Gasteiger partial charge in [-0.3, -0.25) is 0 Å². The van der Waals surface area contributed by atoms with Crippen LogP contribution in [-0.4, -0.2) is 44.1 Å². The summed E-state index contributed by atoms with van der Waals surface area (Å²) in [6.45, 7) is 4.97. The Balaban J connectivity index is 1.79. The molecule has 0 saturated heterocycles. The number of halogens is 4. The molecule has 3 heterocycles. The van der Waals surface area contributed by atoms with Crippen molar-refractivity contribution in [2.45, 2.75) is 39.4 Å². The number of benzene rings is 1. The standard InChI is InChI=1S/C21H20ClF3N6O2/c1-10-7-17(28-16(21(23,24)25)9-18-27-12(3)30-33-18)31-20(26-10)19(11(2)29-31)14-6-5-13(32-4)8-15(14)22/h5-8,16,28H,9H2,1-4H3. The summed E-state index contributed by atoms with van der Waals surface area (Å²) < 4.78 is 53.0. The van der Waals surface area contributed by atoms with Gasteiger partial charge in [0.05, 0.1) is 29.8 Å². The Kier molecular flexibility index (Phi) is 5.91. The lowest BCUT2D eigenvalue weighted by molar-refractivity contribution is -0.143. The first-order chi connectivity index (χ1) is 15.6. The molecule has 33 heavy (non-hydrogen) atoms. The molecule has 8 nitrogen and oxygen atoms in total. The maximum absolute atomic E-state index is 13.8. The van der Waals surface area contributed by atoms with Gasteiger partial charge in [0.25, 0.3) is 0 Å². The van der Waals surface area contributed by atoms with Gasteiger partial charge in [0.15, 0.2) is 11.5 Å². The summed E-state index contributed by atoms with van der Waals surface area (Å²) in [4.78, 5) is 8.41. The molecule has 12 heteroatoms. The van der Waals surface area contributed by atoms with Crippen LogP contribution in [0.25, 0.3) is 16.8 Å². The first-order valence-corrected chi connectivity index (χ1v) is 10.3. The third-order valence-electron chi connectivity index (χ3n) is 5.00. The van der Waals surface area contributed by atoms with E-state index in [0.29, 0.717) is 38.9 Å². The van der Waals surface area contributed by atoms with E-state index in [1.54, 1.807) is 32.0 Å². The Morgan fingerprint density at radius 1 is 1.18 bits per heavy atom. The van der Waals surface area contributed by atoms with Gasteiger partial charge in [0.1, 0.15) is 17.6 Å². The van der Waals surface area contributed by atoms with Crippen molar-refractivity contribution in [1.82, 2.24) is 24.7 Å². The molecule has 1 aromatic carbocycles. The van der Waals surface area contributed by atoms with Crippen LogP contribution in [0.15, 0.2) is 28.8 Å². The van der Waals surface area contributed by atoms with E-state index in [1.807, 2.05) is 0 Å². The van der Waals surface area contributed by atoms with Gasteiger partial charge in [0.2, 0.25) is 5.89 Å². The first-order valence-electron chi connectivity index (χ1n) is 9.90. The number of hydrogen-bond acceptors (Lipinski definition) is 7. The zero-order valence-electron chi connectivity index (χ0n) is 18.2. The van der Waals surface area contributed by atoms with Crippen LogP contribution in [0.5, 0.6) is 5.75 Å². The summed E-state index contributed by atoms with van der Waals surface area (Å²) in [7, 11) is 1.53. The van der Waals surface area contributed by atoms with Crippen LogP contribution in [0.2, 0.25) is 5.02 Å². The van der Waals surface area contributed by atoms with Crippen molar-refractivity contribution < 1.29 is 22.4 Å². The smallest absolute Gasteiger partial charge is 0.409 e. The highest BCUT2D eigenvalue weighted by molar-refractivity contribution is 6.33. The highest BCUT2D eigenvalue weighted by Gasteiger charge is 2.41. The lowest BCUT2D eigenvalue weighted by Crippen LogP contribution is -2.39. The normalized spacial score (nSPS) is 12.8. The maximum atomic E-state index is 13.8. The number of aryl methyl sites for hydroxylation is 3. The van der Waals surface area contributed by atoms with Crippen molar-refractivity contribution in [3.8, 4) is 16.9 Å². The second kappa shape index (κ2) is 8.54. The summed E-state index contributed by atoms with van der Waals surface area (Å²) >= 11 is 6.46. The number of nitrogens with zero attached hydrogens (tertiary/aromatic N) is 5. The SMILES string of the molecule is COc1ccc(-c2c(C)nn3c(NC(Cc4nc(C)no4)C(F)(F)F)cc(C)nc23)c(Cl)c1. The summed E-state index contributed by atoms with van der Waals surface area (Å²) in [6.07, 6.45) is -5.12. The van der Waals surface area contributed by atoms with Gasteiger partial charge in [-0.2, -0.15) is 27.8 Å². The maximum Gasteiger partial charge on any atom is 0.409 e. The quantitative estimate of drug-likeness (QED) is 0.417. The average molecular weight is 481 g/mol. The molecular formula is C21H20ClF3N6O2. The van der Waals surface area contributed by atoms with Crippen molar-refractivity contribution in [1.29, 1.82) is 0 Å². The number of nitrogens with one attached hydrogen (secondary N) is 1. The Labute approximate surface area is 191 Å². The Morgan fingerprint density at radius 3 is 2.55 bits per heavy atom. The minimum absolute atomic E-state index is 0.119. The molecule has 1 unspecified atom stereocenters. The van der Waals surface area contributed by atoms with E-state index in [1.165, 1.54) is 24.6 Å². The fourth-order valence-corrected chi connectivity index (χ4v) is 3.78. The van der Waals surface area contributed by atoms with E-state index >= 15 is 0 Å². The van der Waals surface area contributed by atoms with E-state index in [4.69, 9.17) is 20.9 Å². The van der Waals surface area contributed by atoms with Crippen LogP contribution in [-0.2, 0) is 6.42 Å². The van der Waals surface area contributed by atoms with Crippen LogP contribution < -0.4 is 10.1 Å². The van der Waals surface area contributed by atoms with E-state index in [0.717, 1.165) is 0 Å². The lowest BCUT2D eigenvalue weighted by Gasteiger charge is -2.21. The zero-order chi connectivity index (χ0) is 23.9. The second-order valence-corrected chi connectivity index (χ2v) is 7.91. The molecule has 0 saturated carbocycles. The fourth-order valence-electron chi connectivity index (χ4n) is 3.51. The van der Waals surface area contributed by atoms with Crippen molar-refractivity contribution in [3.63, 3.8) is 0 Å². The third-order valence-corrected chi connectivity index (χ3v) is 5.32. The molecule has 0 radical (unpaired) electrons. The largest absolute Gasteiger partial charge is 0.497 e. The number of rotatable bonds is 6. The van der Waals surface area contributed by atoms with Gasteiger partial charge in [-0.25, -0.2) is 4.98 Å². The Hall–Kier alpha value is -3.34. The molecule has 0 fully saturated rings. The van der Waals surface area contributed by atoms with Crippen LogP contribution in [0.1, 0.15) is 23.1 Å². The predicted molar refractivity (Wildman–Crippen MR) is 116 cm³/mol. The van der Waals surface area contributed by atoms with Crippen LogP contribution in [0, 0.1) is 20.8 Å². The molecule has 0 aliphatic heterocycles. The van der Waals surface area contributed by atoms with Gasteiger partial charge in [-0.1, -0.05) is 16.8 Å². The molecule has 0 aliphatic carbocycles. The van der Waals surface area contributed by atoms with Gasteiger partial charge in [-0.05, 0) is 39.0 Å². The number of aromatic nitrogens is 5. The van der Waals surface area contributed by atoms with Crippen molar-refractivity contribution in [2.75, 3.05) is 12.4 Å². The van der Waals surface area contributed by atoms with Crippen LogP contribution >= 0.6 is 11.6 Å². The molecule has 0 aliphatic rings. The predicted octanol–water partition coefficient (Wildman–Crippen LogP) is 4.95. The van der Waals surface area contributed by atoms with Gasteiger partial charge >= 0.3 is 6.18 Å². The number of fused-ring (bicyclic) bond motifs is 1. The van der Waals surface area contributed by atoms with Crippen molar-refractivity contribution in [2.24, 2.45) is 0 Å². The monoisotopic (exact) mass is 480 g/mol. The molecule has 1 N–H and O–H groups in total. The number of alkyl halides is 3. The first kappa shape index (κ1) is 22.8. The number of anilines is 1. The van der Waals surface area contributed by atoms with E-state index in [2.05, 4.69) is 25.5 Å².